The van der Waals surface area contributed by atoms with Gasteiger partial charge in [-0.15, -0.1) is 0 Å². The highest BCUT2D eigenvalue weighted by Crippen LogP contribution is 2.07. The SMILES string of the molecule is Fc1ccnc(C#Cc2ccccc2C#Cc2cc(F)ccn2)c1. The number of nitrogens with zero attached hydrogens (tertiary/aromatic N) is 2. The van der Waals surface area contributed by atoms with Gasteiger partial charge >= 0.3 is 0 Å². The number of rotatable bonds is 0. The maximum Gasteiger partial charge on any atom is 0.127 e. The quantitative estimate of drug-likeness (QED) is 0.593. The van der Waals surface area contributed by atoms with Gasteiger partial charge < -0.3 is 0 Å². The summed E-state index contributed by atoms with van der Waals surface area (Å²) in [6.45, 7) is 0. The molecule has 0 aliphatic heterocycles. The van der Waals surface area contributed by atoms with Crippen LogP contribution in [0.5, 0.6) is 0 Å². The minimum absolute atomic E-state index is 0.338. The van der Waals surface area contributed by atoms with Crippen LogP contribution in [-0.2, 0) is 0 Å². The van der Waals surface area contributed by atoms with Crippen LogP contribution in [0.1, 0.15) is 22.5 Å². The highest BCUT2D eigenvalue weighted by Gasteiger charge is 1.97. The first-order valence-corrected chi connectivity index (χ1v) is 7.07. The van der Waals surface area contributed by atoms with Crippen molar-refractivity contribution in [3.05, 3.63) is 95.1 Å². The third-order valence-corrected chi connectivity index (χ3v) is 3.02. The molecular weight excluding hydrogens is 306 g/mol. The topological polar surface area (TPSA) is 25.8 Å². The highest BCUT2D eigenvalue weighted by molar-refractivity contribution is 5.53. The molecule has 0 saturated carbocycles. The fourth-order valence-corrected chi connectivity index (χ4v) is 1.91. The zero-order valence-electron chi connectivity index (χ0n) is 12.4. The lowest BCUT2D eigenvalue weighted by Crippen LogP contribution is -1.87. The molecule has 0 atom stereocenters. The van der Waals surface area contributed by atoms with Crippen molar-refractivity contribution in [2.75, 3.05) is 0 Å². The zero-order chi connectivity index (χ0) is 16.8. The molecular formula is C20H10F2N2. The molecule has 114 valence electrons. The van der Waals surface area contributed by atoms with E-state index in [0.717, 1.165) is 0 Å². The number of aromatic nitrogens is 2. The second-order valence-corrected chi connectivity index (χ2v) is 4.76. The van der Waals surface area contributed by atoms with Crippen LogP contribution in [-0.4, -0.2) is 9.97 Å². The molecule has 0 unspecified atom stereocenters. The van der Waals surface area contributed by atoms with E-state index in [1.165, 1.54) is 36.7 Å². The van der Waals surface area contributed by atoms with Gasteiger partial charge in [-0.3, -0.25) is 0 Å². The lowest BCUT2D eigenvalue weighted by Gasteiger charge is -1.95. The summed E-state index contributed by atoms with van der Waals surface area (Å²) in [4.78, 5) is 7.97. The Morgan fingerprint density at radius 2 is 1.08 bits per heavy atom. The van der Waals surface area contributed by atoms with Crippen LogP contribution < -0.4 is 0 Å². The molecule has 0 radical (unpaired) electrons. The third kappa shape index (κ3) is 4.03. The summed E-state index contributed by atoms with van der Waals surface area (Å²) in [7, 11) is 0. The van der Waals surface area contributed by atoms with E-state index < -0.39 is 0 Å². The lowest BCUT2D eigenvalue weighted by molar-refractivity contribution is 0.624. The standard InChI is InChI=1S/C20H10F2N2/c21-17-9-11-23-19(13-17)7-5-15-3-1-2-4-16(15)6-8-20-14-18(22)10-12-24-20/h1-4,9-14H. The third-order valence-electron chi connectivity index (χ3n) is 3.02. The van der Waals surface area contributed by atoms with E-state index in [2.05, 4.69) is 33.6 Å². The van der Waals surface area contributed by atoms with E-state index in [1.807, 2.05) is 12.1 Å². The molecule has 1 aromatic carbocycles. The second-order valence-electron chi connectivity index (χ2n) is 4.76. The Morgan fingerprint density at radius 3 is 1.50 bits per heavy atom. The number of benzene rings is 1. The molecule has 0 fully saturated rings. The van der Waals surface area contributed by atoms with Gasteiger partial charge in [-0.1, -0.05) is 24.0 Å². The summed E-state index contributed by atoms with van der Waals surface area (Å²) < 4.78 is 26.3. The summed E-state index contributed by atoms with van der Waals surface area (Å²) >= 11 is 0. The van der Waals surface area contributed by atoms with Crippen molar-refractivity contribution < 1.29 is 8.78 Å². The van der Waals surface area contributed by atoms with Crippen LogP contribution in [0.25, 0.3) is 0 Å². The van der Waals surface area contributed by atoms with E-state index in [-0.39, 0.29) is 11.6 Å². The monoisotopic (exact) mass is 316 g/mol. The molecule has 0 aliphatic rings. The van der Waals surface area contributed by atoms with Gasteiger partial charge in [0.2, 0.25) is 0 Å². The largest absolute Gasteiger partial charge is 0.248 e. The fraction of sp³-hybridized carbons (Fsp3) is 0. The molecule has 4 heteroatoms. The molecule has 0 aliphatic carbocycles. The maximum atomic E-state index is 13.1. The van der Waals surface area contributed by atoms with Gasteiger partial charge in [-0.05, 0) is 36.1 Å². The van der Waals surface area contributed by atoms with Crippen LogP contribution in [0, 0.1) is 35.3 Å². The molecule has 0 spiro atoms. The summed E-state index contributed by atoms with van der Waals surface area (Å²) in [5.41, 5.74) is 2.02. The number of hydrogen-bond donors (Lipinski definition) is 0. The molecule has 3 aromatic rings. The second kappa shape index (κ2) is 7.17. The molecule has 0 N–H and O–H groups in total. The first-order chi connectivity index (χ1) is 11.7. The first kappa shape index (κ1) is 15.4. The Kier molecular flexibility index (Phi) is 4.60. The minimum atomic E-state index is -0.389. The van der Waals surface area contributed by atoms with E-state index >= 15 is 0 Å². The summed E-state index contributed by atoms with van der Waals surface area (Å²) in [6.07, 6.45) is 2.72. The van der Waals surface area contributed by atoms with Gasteiger partial charge in [0.05, 0.1) is 0 Å². The van der Waals surface area contributed by atoms with Crippen molar-refractivity contribution in [2.24, 2.45) is 0 Å². The van der Waals surface area contributed by atoms with Crippen molar-refractivity contribution in [2.45, 2.75) is 0 Å². The fourth-order valence-electron chi connectivity index (χ4n) is 1.91. The average Bonchev–Trinajstić information content (AvgIpc) is 2.59. The van der Waals surface area contributed by atoms with Gasteiger partial charge in [0.25, 0.3) is 0 Å². The van der Waals surface area contributed by atoms with Gasteiger partial charge in [0, 0.05) is 35.7 Å². The zero-order valence-corrected chi connectivity index (χ0v) is 12.4. The minimum Gasteiger partial charge on any atom is -0.248 e. The number of hydrogen-bond acceptors (Lipinski definition) is 2. The van der Waals surface area contributed by atoms with Crippen LogP contribution in [0.4, 0.5) is 8.78 Å². The van der Waals surface area contributed by atoms with Gasteiger partial charge in [0.15, 0.2) is 0 Å². The van der Waals surface area contributed by atoms with Crippen LogP contribution in [0.3, 0.4) is 0 Å². The van der Waals surface area contributed by atoms with E-state index in [9.17, 15) is 8.78 Å². The normalized spacial score (nSPS) is 9.42. The molecule has 0 saturated heterocycles. The molecule has 24 heavy (non-hydrogen) atoms. The molecule has 2 heterocycles. The van der Waals surface area contributed by atoms with Crippen molar-refractivity contribution in [1.82, 2.24) is 9.97 Å². The maximum absolute atomic E-state index is 13.1. The van der Waals surface area contributed by atoms with Crippen molar-refractivity contribution in [3.63, 3.8) is 0 Å². The van der Waals surface area contributed by atoms with Gasteiger partial charge in [-0.25, -0.2) is 18.7 Å². The Hall–Kier alpha value is -3.50. The first-order valence-electron chi connectivity index (χ1n) is 7.07. The molecule has 3 rings (SSSR count). The molecule has 2 aromatic heterocycles. The number of halogens is 2. The Bertz CT molecular complexity index is 922. The summed E-state index contributed by atoms with van der Waals surface area (Å²) in [5.74, 6) is 10.7. The van der Waals surface area contributed by atoms with Crippen LogP contribution in [0.2, 0.25) is 0 Å². The van der Waals surface area contributed by atoms with Crippen molar-refractivity contribution >= 4 is 0 Å². The Morgan fingerprint density at radius 1 is 0.625 bits per heavy atom. The predicted octanol–water partition coefficient (Wildman–Crippen LogP) is 3.55. The van der Waals surface area contributed by atoms with Crippen molar-refractivity contribution in [1.29, 1.82) is 0 Å². The van der Waals surface area contributed by atoms with Crippen LogP contribution >= 0.6 is 0 Å². The summed E-state index contributed by atoms with van der Waals surface area (Å²) in [6, 6.07) is 12.3. The van der Waals surface area contributed by atoms with Crippen molar-refractivity contribution in [3.8, 4) is 23.7 Å². The van der Waals surface area contributed by atoms with Gasteiger partial charge in [0.1, 0.15) is 23.0 Å². The van der Waals surface area contributed by atoms with E-state index in [0.29, 0.717) is 22.5 Å². The predicted molar refractivity (Wildman–Crippen MR) is 86.8 cm³/mol. The average molecular weight is 316 g/mol. The smallest absolute Gasteiger partial charge is 0.127 e. The Balaban J connectivity index is 1.93. The van der Waals surface area contributed by atoms with Crippen LogP contribution in [0.15, 0.2) is 60.9 Å². The molecule has 0 bridgehead atoms. The molecule has 2 nitrogen and oxygen atoms in total. The Labute approximate surface area is 138 Å². The van der Waals surface area contributed by atoms with Gasteiger partial charge in [-0.2, -0.15) is 0 Å². The highest BCUT2D eigenvalue weighted by atomic mass is 19.1. The van der Waals surface area contributed by atoms with E-state index in [1.54, 1.807) is 12.1 Å². The summed E-state index contributed by atoms with van der Waals surface area (Å²) in [5, 5.41) is 0. The number of pyridine rings is 2. The molecule has 0 amide bonds. The lowest BCUT2D eigenvalue weighted by atomic mass is 10.1. The van der Waals surface area contributed by atoms with E-state index in [4.69, 9.17) is 0 Å².